The first-order valence-corrected chi connectivity index (χ1v) is 9.23. The van der Waals surface area contributed by atoms with E-state index in [0.29, 0.717) is 11.8 Å². The molecule has 1 saturated heterocycles. The number of rotatable bonds is 3. The maximum Gasteiger partial charge on any atom is 0.235 e. The van der Waals surface area contributed by atoms with Crippen molar-refractivity contribution < 1.29 is 9.32 Å². The minimum atomic E-state index is -0.0750. The van der Waals surface area contributed by atoms with Gasteiger partial charge in [-0.05, 0) is 31.6 Å². The molecule has 2 aliphatic carbocycles. The van der Waals surface area contributed by atoms with Crippen LogP contribution in [0.5, 0.6) is 0 Å². The third-order valence-corrected chi connectivity index (χ3v) is 6.27. The Labute approximate surface area is 137 Å². The number of hydrogen-bond acceptors (Lipinski definition) is 4. The van der Waals surface area contributed by atoms with Gasteiger partial charge in [-0.2, -0.15) is 4.98 Å². The van der Waals surface area contributed by atoms with E-state index in [1.165, 1.54) is 25.7 Å². The van der Waals surface area contributed by atoms with Crippen LogP contribution in [0.2, 0.25) is 0 Å². The van der Waals surface area contributed by atoms with Gasteiger partial charge in [-0.15, -0.1) is 0 Å². The fourth-order valence-corrected chi connectivity index (χ4v) is 4.91. The maximum absolute atomic E-state index is 12.8. The molecule has 3 aliphatic rings. The normalized spacial score (nSPS) is 31.3. The summed E-state index contributed by atoms with van der Waals surface area (Å²) >= 11 is 0. The van der Waals surface area contributed by atoms with Crippen LogP contribution in [0.15, 0.2) is 4.52 Å². The van der Waals surface area contributed by atoms with Crippen LogP contribution in [-0.2, 0) is 10.2 Å². The highest BCUT2D eigenvalue weighted by Gasteiger charge is 2.55. The van der Waals surface area contributed by atoms with Gasteiger partial charge in [0.25, 0.3) is 0 Å². The summed E-state index contributed by atoms with van der Waals surface area (Å²) in [7, 11) is 0. The lowest BCUT2D eigenvalue weighted by molar-refractivity contribution is -0.134. The Bertz CT molecular complexity index is 591. The Balaban J connectivity index is 1.58. The van der Waals surface area contributed by atoms with Crippen LogP contribution >= 0.6 is 0 Å². The van der Waals surface area contributed by atoms with Gasteiger partial charge < -0.3 is 9.42 Å². The lowest BCUT2D eigenvalue weighted by Gasteiger charge is -2.25. The molecule has 0 radical (unpaired) electrons. The molecular formula is C18H27N3O2. The first-order valence-electron chi connectivity index (χ1n) is 9.23. The van der Waals surface area contributed by atoms with Gasteiger partial charge in [0.1, 0.15) is 0 Å². The second-order valence-electron chi connectivity index (χ2n) is 8.06. The molecule has 1 aliphatic heterocycles. The molecule has 2 atom stereocenters. The average molecular weight is 317 g/mol. The van der Waals surface area contributed by atoms with E-state index in [4.69, 9.17) is 9.51 Å². The average Bonchev–Trinajstić information content (AvgIpc) is 3.27. The van der Waals surface area contributed by atoms with Crippen LogP contribution < -0.4 is 0 Å². The molecule has 1 amide bonds. The van der Waals surface area contributed by atoms with Crippen molar-refractivity contribution in [1.29, 1.82) is 0 Å². The lowest BCUT2D eigenvalue weighted by Crippen LogP contribution is -2.37. The summed E-state index contributed by atoms with van der Waals surface area (Å²) in [6.07, 6.45) is 8.02. The molecule has 0 bridgehead atoms. The molecule has 5 heteroatoms. The van der Waals surface area contributed by atoms with E-state index in [-0.39, 0.29) is 17.3 Å². The number of aromatic nitrogens is 2. The lowest BCUT2D eigenvalue weighted by atomic mass is 9.80. The Morgan fingerprint density at radius 3 is 2.74 bits per heavy atom. The smallest absolute Gasteiger partial charge is 0.235 e. The molecule has 0 unspecified atom stereocenters. The predicted octanol–water partition coefficient (Wildman–Crippen LogP) is 3.26. The molecule has 3 fully saturated rings. The highest BCUT2D eigenvalue weighted by atomic mass is 16.5. The van der Waals surface area contributed by atoms with Crippen molar-refractivity contribution in [2.45, 2.75) is 70.1 Å². The summed E-state index contributed by atoms with van der Waals surface area (Å²) in [6, 6.07) is 0. The number of carbonyl (C=O) groups is 1. The second kappa shape index (κ2) is 5.60. The van der Waals surface area contributed by atoms with Gasteiger partial charge in [0, 0.05) is 24.9 Å². The second-order valence-corrected chi connectivity index (χ2v) is 8.06. The molecule has 4 rings (SSSR count). The number of fused-ring (bicyclic) bond motifs is 1. The maximum atomic E-state index is 12.8. The monoisotopic (exact) mass is 317 g/mol. The minimum Gasteiger partial charge on any atom is -0.341 e. The molecule has 0 N–H and O–H groups in total. The third-order valence-electron chi connectivity index (χ3n) is 6.27. The van der Waals surface area contributed by atoms with Gasteiger partial charge in [0.15, 0.2) is 5.82 Å². The van der Waals surface area contributed by atoms with Gasteiger partial charge in [-0.1, -0.05) is 38.3 Å². The van der Waals surface area contributed by atoms with Crippen molar-refractivity contribution in [3.8, 4) is 0 Å². The van der Waals surface area contributed by atoms with E-state index in [1.54, 1.807) is 0 Å². The first kappa shape index (κ1) is 15.2. The summed E-state index contributed by atoms with van der Waals surface area (Å²) in [5.41, 5.74) is -0.0750. The standard InChI is InChI=1S/C18H27N3O2/c1-12(2)15-19-17(23-20-15)18-9-5-8-14(18)10-21(11-18)16(22)13-6-3-4-7-13/h12-14H,3-11H2,1-2H3/t14-,18-/m1/s1. The van der Waals surface area contributed by atoms with Crippen molar-refractivity contribution in [3.63, 3.8) is 0 Å². The van der Waals surface area contributed by atoms with Crippen molar-refractivity contribution in [2.75, 3.05) is 13.1 Å². The highest BCUT2D eigenvalue weighted by Crippen LogP contribution is 2.50. The van der Waals surface area contributed by atoms with Crippen LogP contribution in [0.1, 0.15) is 76.4 Å². The Hall–Kier alpha value is -1.39. The largest absolute Gasteiger partial charge is 0.341 e. The highest BCUT2D eigenvalue weighted by molar-refractivity contribution is 5.79. The number of amides is 1. The molecule has 0 spiro atoms. The summed E-state index contributed by atoms with van der Waals surface area (Å²) in [4.78, 5) is 19.6. The molecule has 2 saturated carbocycles. The van der Waals surface area contributed by atoms with Gasteiger partial charge in [0.05, 0.1) is 5.41 Å². The molecule has 23 heavy (non-hydrogen) atoms. The molecule has 5 nitrogen and oxygen atoms in total. The fraction of sp³-hybridized carbons (Fsp3) is 0.833. The minimum absolute atomic E-state index is 0.0750. The molecule has 126 valence electrons. The SMILES string of the molecule is CC(C)c1noc([C@@]23CCC[C@@H]2CN(C(=O)C2CCCC2)C3)n1. The number of nitrogens with zero attached hydrogens (tertiary/aromatic N) is 3. The number of likely N-dealkylation sites (tertiary alicyclic amines) is 1. The molecule has 0 aromatic carbocycles. The van der Waals surface area contributed by atoms with Crippen LogP contribution in [0.4, 0.5) is 0 Å². The Morgan fingerprint density at radius 1 is 1.26 bits per heavy atom. The van der Waals surface area contributed by atoms with E-state index in [2.05, 4.69) is 23.9 Å². The molecule has 2 heterocycles. The van der Waals surface area contributed by atoms with Crippen molar-refractivity contribution in [2.24, 2.45) is 11.8 Å². The molecule has 1 aromatic rings. The molecular weight excluding hydrogens is 290 g/mol. The summed E-state index contributed by atoms with van der Waals surface area (Å²) in [5, 5.41) is 4.17. The van der Waals surface area contributed by atoms with Crippen molar-refractivity contribution in [3.05, 3.63) is 11.7 Å². The first-order chi connectivity index (χ1) is 11.1. The van der Waals surface area contributed by atoms with Crippen LogP contribution in [0.25, 0.3) is 0 Å². The topological polar surface area (TPSA) is 59.2 Å². The zero-order chi connectivity index (χ0) is 16.0. The van der Waals surface area contributed by atoms with E-state index in [1.807, 2.05) is 0 Å². The van der Waals surface area contributed by atoms with E-state index < -0.39 is 0 Å². The van der Waals surface area contributed by atoms with Crippen LogP contribution in [-0.4, -0.2) is 34.0 Å². The van der Waals surface area contributed by atoms with Gasteiger partial charge in [0.2, 0.25) is 11.8 Å². The number of hydrogen-bond donors (Lipinski definition) is 0. The Morgan fingerprint density at radius 2 is 2.04 bits per heavy atom. The van der Waals surface area contributed by atoms with Crippen LogP contribution in [0, 0.1) is 11.8 Å². The summed E-state index contributed by atoms with van der Waals surface area (Å²) in [5.74, 6) is 2.99. The summed E-state index contributed by atoms with van der Waals surface area (Å²) < 4.78 is 5.67. The van der Waals surface area contributed by atoms with Gasteiger partial charge >= 0.3 is 0 Å². The Kier molecular flexibility index (Phi) is 3.69. The third kappa shape index (κ3) is 2.39. The summed E-state index contributed by atoms with van der Waals surface area (Å²) in [6.45, 7) is 5.84. The molecule has 1 aromatic heterocycles. The van der Waals surface area contributed by atoms with E-state index in [9.17, 15) is 4.79 Å². The fourth-order valence-electron chi connectivity index (χ4n) is 4.91. The zero-order valence-electron chi connectivity index (χ0n) is 14.3. The van der Waals surface area contributed by atoms with Crippen LogP contribution in [0.3, 0.4) is 0 Å². The quantitative estimate of drug-likeness (QED) is 0.858. The zero-order valence-corrected chi connectivity index (χ0v) is 14.3. The van der Waals surface area contributed by atoms with Gasteiger partial charge in [-0.3, -0.25) is 4.79 Å². The van der Waals surface area contributed by atoms with E-state index in [0.717, 1.165) is 44.1 Å². The van der Waals surface area contributed by atoms with Crippen molar-refractivity contribution >= 4 is 5.91 Å². The van der Waals surface area contributed by atoms with Crippen molar-refractivity contribution in [1.82, 2.24) is 15.0 Å². The predicted molar refractivity (Wildman–Crippen MR) is 85.9 cm³/mol. The van der Waals surface area contributed by atoms with Gasteiger partial charge in [-0.25, -0.2) is 0 Å². The van der Waals surface area contributed by atoms with E-state index >= 15 is 0 Å². The number of carbonyl (C=O) groups excluding carboxylic acids is 1.